The van der Waals surface area contributed by atoms with Crippen molar-refractivity contribution < 1.29 is 48.5 Å². The van der Waals surface area contributed by atoms with E-state index < -0.39 is 26.0 Å². The number of nitrogens with one attached hydrogen (secondary N) is 1. The van der Waals surface area contributed by atoms with Gasteiger partial charge in [0.05, 0.1) is 42.4 Å². The summed E-state index contributed by atoms with van der Waals surface area (Å²) < 4.78 is 10.4. The molecule has 5 aromatic carbocycles. The van der Waals surface area contributed by atoms with Crippen LogP contribution in [0.2, 0.25) is 25.1 Å². The number of hydrogen-bond donors (Lipinski definition) is 2. The molecule has 2 N–H and O–H groups in total. The van der Waals surface area contributed by atoms with Gasteiger partial charge >= 0.3 is 24.8 Å². The average molecular weight is 1390 g/mol. The standard InChI is InChI=1S/C16H23ClN.C14H16ClNO.C14H18ClN.C10H8Cl2O.C10H9ClO2.C4H9N.Al.Cl2OS.Li.4H/c1-2-18(11-3-4-12-18)13-16(9-10-16)14-5-7-15(17)8-6-14;15-12-5-3-11(4-6-12)14(7-8-14)13(17)16-9-1-2-10-16;15-13-5-3-12(4-6-13)14(7-8-14)11-16-9-1-2-10-16;2*11-8-3-1-7(2-4-8)10(5-6-10)9(12)13;1-2-4-5-3-1;;1-4(2)3;;;;;/h5-8H,2-4,9-13H2,1H3;3-6H,1-2,7-10H2;3-6H,1-2,7-11H2;1-4H,5-6H2;1-4H,5-6H2,(H,12,13);5H,1-4H2;;;;;;;/q+1;;;;;;;;+1;;;;-1. The molecule has 4 heterocycles. The van der Waals surface area contributed by atoms with E-state index in [1.807, 2.05) is 53.4 Å². The van der Waals surface area contributed by atoms with Gasteiger partial charge in [-0.1, -0.05) is 119 Å². The molecule has 0 spiro atoms. The van der Waals surface area contributed by atoms with Gasteiger partial charge in [-0.3, -0.25) is 14.4 Å². The van der Waals surface area contributed by atoms with E-state index >= 15 is 0 Å². The fourth-order valence-corrected chi connectivity index (χ4v) is 13.9. The summed E-state index contributed by atoms with van der Waals surface area (Å²) in [5.41, 5.74) is 5.72. The van der Waals surface area contributed by atoms with Gasteiger partial charge < -0.3 is 26.1 Å². The van der Waals surface area contributed by atoms with Gasteiger partial charge in [-0.05, 0) is 236 Å². The van der Waals surface area contributed by atoms with Crippen LogP contribution in [0.3, 0.4) is 0 Å². The van der Waals surface area contributed by atoms with E-state index in [1.165, 1.54) is 139 Å². The van der Waals surface area contributed by atoms with E-state index in [0.717, 1.165) is 96.2 Å². The molecule has 0 unspecified atom stereocenters. The number of likely N-dealkylation sites (N-methyl/N-ethyl adjacent to an activating group) is 1. The maximum Gasteiger partial charge on any atom is 1.00 e. The third-order valence-electron chi connectivity index (χ3n) is 19.2. The van der Waals surface area contributed by atoms with Crippen LogP contribution < -0.4 is 24.2 Å². The molecular formula is C68H87AlCl8LiN4O5S+. The largest absolute Gasteiger partial charge is 1.00 e. The molecule has 14 rings (SSSR count). The van der Waals surface area contributed by atoms with E-state index in [2.05, 4.69) is 74.9 Å². The van der Waals surface area contributed by atoms with Crippen molar-refractivity contribution >= 4 is 135 Å². The molecule has 5 aliphatic carbocycles. The minimum atomic E-state index is -1.67. The molecule has 0 radical (unpaired) electrons. The van der Waals surface area contributed by atoms with Crippen molar-refractivity contribution in [2.75, 3.05) is 72.0 Å². The number of amides is 1. The molecule has 4 saturated heterocycles. The van der Waals surface area contributed by atoms with Gasteiger partial charge in [-0.2, -0.15) is 0 Å². The number of quaternary nitrogens is 1. The van der Waals surface area contributed by atoms with Crippen LogP contribution in [0, 0.1) is 0 Å². The van der Waals surface area contributed by atoms with Crippen molar-refractivity contribution in [3.05, 3.63) is 174 Å². The summed E-state index contributed by atoms with van der Waals surface area (Å²) in [5, 5.41) is 15.7. The summed E-state index contributed by atoms with van der Waals surface area (Å²) in [6.07, 6.45) is 21.3. The van der Waals surface area contributed by atoms with Gasteiger partial charge in [0.25, 0.3) is 0 Å². The molecule has 9 aliphatic rings. The Kier molecular flexibility index (Phi) is 29.5. The zero-order valence-corrected chi connectivity index (χ0v) is 57.3. The van der Waals surface area contributed by atoms with Crippen LogP contribution in [0.15, 0.2) is 121 Å². The second-order valence-corrected chi connectivity index (χ2v) is 30.1. The second-order valence-electron chi connectivity index (χ2n) is 25.0. The van der Waals surface area contributed by atoms with Gasteiger partial charge in [0.2, 0.25) is 20.4 Å². The minimum Gasteiger partial charge on any atom is -1.00 e. The number of nitrogens with zero attached hydrogens (tertiary/aromatic N) is 3. The van der Waals surface area contributed by atoms with Crippen LogP contribution in [0.5, 0.6) is 0 Å². The molecule has 88 heavy (non-hydrogen) atoms. The van der Waals surface area contributed by atoms with Crippen LogP contribution in [-0.2, 0) is 50.7 Å². The maximum absolute atomic E-state index is 12.5. The van der Waals surface area contributed by atoms with Gasteiger partial charge in [0.15, 0.2) is 17.4 Å². The van der Waals surface area contributed by atoms with E-state index in [-0.39, 0.29) is 48.3 Å². The first-order valence-corrected chi connectivity index (χ1v) is 35.8. The Bertz CT molecular complexity index is 2940. The molecule has 0 atom stereocenters. The number of carbonyl (C=O) groups excluding carboxylic acids is 2. The number of hydrogen-bond acceptors (Lipinski definition) is 6. The zero-order valence-electron chi connectivity index (χ0n) is 51.4. The number of carbonyl (C=O) groups is 3. The van der Waals surface area contributed by atoms with Crippen LogP contribution in [0.25, 0.3) is 0 Å². The summed E-state index contributed by atoms with van der Waals surface area (Å²) in [6.45, 7) is 16.0. The summed E-state index contributed by atoms with van der Waals surface area (Å²) in [4.78, 5) is 39.2. The van der Waals surface area contributed by atoms with Crippen molar-refractivity contribution in [2.24, 2.45) is 0 Å². The number of rotatable bonds is 13. The van der Waals surface area contributed by atoms with Crippen molar-refractivity contribution in [1.29, 1.82) is 0 Å². The quantitative estimate of drug-likeness (QED) is 0.0687. The number of halogens is 8. The monoisotopic (exact) mass is 1390 g/mol. The predicted molar refractivity (Wildman–Crippen MR) is 369 cm³/mol. The molecule has 5 saturated carbocycles. The summed E-state index contributed by atoms with van der Waals surface area (Å²) in [6, 6.07) is 39.2. The maximum atomic E-state index is 12.5. The molecule has 0 aromatic heterocycles. The van der Waals surface area contributed by atoms with Gasteiger partial charge in [-0.15, -0.1) is 0 Å². The SMILES string of the molecule is C1CCNC1.CC[N+]1(CC2(c3ccc(Cl)cc3)CC2)CCCC1.Clc1ccc(C2(CN3CCCC3)CC2)cc1.O=C(Cl)C1(c2ccc(Cl)cc2)CC1.O=C(N1CCCC1)C1(c2ccc(Cl)cc2)CC1.O=C(O)C1(c2ccc(Cl)cc2)CC1.O=S(Cl)Cl.[AlH3].[H-].[Li+]. The van der Waals surface area contributed by atoms with Crippen molar-refractivity contribution in [3.63, 3.8) is 0 Å². The van der Waals surface area contributed by atoms with Crippen molar-refractivity contribution in [3.8, 4) is 0 Å². The first kappa shape index (κ1) is 75.2. The topological polar surface area (TPSA) is 107 Å². The molecule has 1 amide bonds. The molecule has 5 aromatic rings. The molecule has 9 fully saturated rings. The normalized spacial score (nSPS) is 20.5. The van der Waals surface area contributed by atoms with E-state index in [4.69, 9.17) is 78.9 Å². The van der Waals surface area contributed by atoms with Crippen molar-refractivity contribution in [1.82, 2.24) is 15.1 Å². The third-order valence-corrected chi connectivity index (χ3v) is 20.8. The summed E-state index contributed by atoms with van der Waals surface area (Å²) in [7, 11) is 7.36. The van der Waals surface area contributed by atoms with E-state index in [1.54, 1.807) is 36.4 Å². The third kappa shape index (κ3) is 20.8. The zero-order chi connectivity index (χ0) is 61.6. The first-order chi connectivity index (χ1) is 41.2. The number of aliphatic carboxylic acids is 1. The fraction of sp³-hybridized carbons (Fsp3) is 0.515. The first-order valence-electron chi connectivity index (χ1n) is 30.8. The van der Waals surface area contributed by atoms with Gasteiger partial charge in [0.1, 0.15) is 0 Å². The predicted octanol–water partition coefficient (Wildman–Crippen LogP) is 13.4. The van der Waals surface area contributed by atoms with E-state index in [9.17, 15) is 14.4 Å². The van der Waals surface area contributed by atoms with Crippen LogP contribution in [0.4, 0.5) is 0 Å². The minimum absolute atomic E-state index is 0. The number of carboxylic acid groups (broad SMARTS) is 1. The van der Waals surface area contributed by atoms with Crippen LogP contribution in [0.1, 0.15) is 152 Å². The number of benzene rings is 5. The van der Waals surface area contributed by atoms with Crippen molar-refractivity contribution in [2.45, 2.75) is 150 Å². The Labute approximate surface area is 588 Å². The van der Waals surface area contributed by atoms with Crippen LogP contribution >= 0.6 is 91.0 Å². The van der Waals surface area contributed by atoms with E-state index in [0.29, 0.717) is 26.8 Å². The Balaban J connectivity index is 0.000000195. The van der Waals surface area contributed by atoms with Gasteiger partial charge in [-0.25, -0.2) is 4.21 Å². The number of likely N-dealkylation sites (tertiary alicyclic amines) is 3. The Hall–Kier alpha value is -1.81. The summed E-state index contributed by atoms with van der Waals surface area (Å²) in [5.74, 6) is -0.396. The molecule has 20 heteroatoms. The Morgan fingerprint density at radius 2 is 0.841 bits per heavy atom. The Morgan fingerprint density at radius 3 is 1.15 bits per heavy atom. The van der Waals surface area contributed by atoms with Crippen LogP contribution in [-0.4, -0.2) is 130 Å². The molecular weight excluding hydrogens is 1300 g/mol. The summed E-state index contributed by atoms with van der Waals surface area (Å²) >= 11 is 34.8. The van der Waals surface area contributed by atoms with Gasteiger partial charge in [0, 0.05) is 89.8 Å². The average Bonchev–Trinajstić information content (AvgIpc) is 1.66. The fourth-order valence-electron chi connectivity index (χ4n) is 13.0. The smallest absolute Gasteiger partial charge is 1.00 e. The second kappa shape index (κ2) is 34.6. The molecule has 474 valence electrons. The molecule has 9 nitrogen and oxygen atoms in total. The Morgan fingerprint density at radius 1 is 0.511 bits per heavy atom. The molecule has 0 bridgehead atoms. The number of carboxylic acids is 1. The molecule has 4 aliphatic heterocycles.